The van der Waals surface area contributed by atoms with Gasteiger partial charge in [0.15, 0.2) is 11.5 Å². The van der Waals surface area contributed by atoms with Crippen LogP contribution in [0.15, 0.2) is 33.8 Å². The molecule has 0 spiro atoms. The minimum absolute atomic E-state index is 0.00633. The molecule has 0 aliphatic carbocycles. The molecule has 0 bridgehead atoms. The Kier molecular flexibility index (Phi) is 7.99. The van der Waals surface area contributed by atoms with Gasteiger partial charge in [-0.05, 0) is 67.6 Å². The lowest BCUT2D eigenvalue weighted by molar-refractivity contribution is -0.121. The average molecular weight is 505 g/mol. The molecule has 1 amide bonds. The summed E-state index contributed by atoms with van der Waals surface area (Å²) in [4.78, 5) is 12.3. The highest BCUT2D eigenvalue weighted by molar-refractivity contribution is 9.10. The minimum Gasteiger partial charge on any atom is -0.507 e. The number of phenols is 2. The van der Waals surface area contributed by atoms with E-state index in [9.17, 15) is 15.0 Å². The summed E-state index contributed by atoms with van der Waals surface area (Å²) in [5.74, 6) is 0.433. The Morgan fingerprint density at radius 3 is 2.09 bits per heavy atom. The van der Waals surface area contributed by atoms with E-state index in [1.165, 1.54) is 13.3 Å². The van der Waals surface area contributed by atoms with E-state index >= 15 is 0 Å². The van der Waals surface area contributed by atoms with Gasteiger partial charge in [0.25, 0.3) is 0 Å². The van der Waals surface area contributed by atoms with Gasteiger partial charge in [-0.2, -0.15) is 5.10 Å². The van der Waals surface area contributed by atoms with Crippen molar-refractivity contribution in [2.45, 2.75) is 65.2 Å². The number of nitrogens with zero attached hydrogens (tertiary/aromatic N) is 1. The van der Waals surface area contributed by atoms with Crippen LogP contribution in [0.2, 0.25) is 0 Å². The van der Waals surface area contributed by atoms with E-state index in [0.717, 1.165) is 16.7 Å². The molecule has 32 heavy (non-hydrogen) atoms. The van der Waals surface area contributed by atoms with E-state index < -0.39 is 0 Å². The molecule has 3 N–H and O–H groups in total. The number of phenolic OH excluding ortho intramolecular Hbond substituents is 2. The molecule has 0 saturated carbocycles. The van der Waals surface area contributed by atoms with E-state index in [0.29, 0.717) is 28.0 Å². The molecule has 6 nitrogen and oxygen atoms in total. The highest BCUT2D eigenvalue weighted by Gasteiger charge is 2.26. The molecule has 0 aliphatic rings. The number of rotatable bonds is 6. The first-order valence-electron chi connectivity index (χ1n) is 10.5. The number of hydrazone groups is 1. The number of hydrogen-bond acceptors (Lipinski definition) is 5. The molecule has 0 fully saturated rings. The number of aromatic hydroxyl groups is 2. The lowest BCUT2D eigenvalue weighted by Crippen LogP contribution is -2.20. The van der Waals surface area contributed by atoms with E-state index in [1.807, 2.05) is 12.1 Å². The van der Waals surface area contributed by atoms with Crippen molar-refractivity contribution in [2.75, 3.05) is 7.11 Å². The van der Waals surface area contributed by atoms with Crippen LogP contribution in [0, 0.1) is 0 Å². The number of benzene rings is 2. The van der Waals surface area contributed by atoms with Gasteiger partial charge >= 0.3 is 0 Å². The van der Waals surface area contributed by atoms with Crippen LogP contribution in [0.1, 0.15) is 70.2 Å². The maximum absolute atomic E-state index is 12.3. The number of nitrogens with one attached hydrogen (secondary N) is 1. The zero-order valence-electron chi connectivity index (χ0n) is 19.8. The van der Waals surface area contributed by atoms with Crippen molar-refractivity contribution in [3.05, 3.63) is 51.0 Å². The second-order valence-electron chi connectivity index (χ2n) is 9.89. The average Bonchev–Trinajstić information content (AvgIpc) is 2.67. The van der Waals surface area contributed by atoms with Gasteiger partial charge in [-0.1, -0.05) is 53.7 Å². The van der Waals surface area contributed by atoms with E-state index in [4.69, 9.17) is 4.74 Å². The fraction of sp³-hybridized carbons (Fsp3) is 0.440. The molecule has 0 aliphatic heterocycles. The van der Waals surface area contributed by atoms with E-state index in [1.54, 1.807) is 12.1 Å². The SMILES string of the molecule is COc1cc(/C=N/NC(=O)CCc2cc(C(C)(C)C)c(O)c(C(C)(C)C)c2)cc(Br)c1O. The topological polar surface area (TPSA) is 91.2 Å². The van der Waals surface area contributed by atoms with Crippen molar-refractivity contribution in [2.24, 2.45) is 5.10 Å². The molecule has 0 aromatic heterocycles. The van der Waals surface area contributed by atoms with Gasteiger partial charge in [0.2, 0.25) is 5.91 Å². The van der Waals surface area contributed by atoms with Gasteiger partial charge in [-0.15, -0.1) is 0 Å². The standard InChI is InChI=1S/C25H33BrN2O4/c1-24(2,3)17-10-15(11-18(22(17)30)25(4,5)6)8-9-21(29)28-27-14-16-12-19(26)23(31)20(13-16)32-7/h10-14,30-31H,8-9H2,1-7H3,(H,28,29)/b27-14+. The molecule has 0 radical (unpaired) electrons. The van der Waals surface area contributed by atoms with Gasteiger partial charge < -0.3 is 14.9 Å². The molecule has 2 aromatic carbocycles. The third kappa shape index (κ3) is 6.48. The first-order chi connectivity index (χ1) is 14.7. The van der Waals surface area contributed by atoms with Gasteiger partial charge in [-0.25, -0.2) is 5.43 Å². The summed E-state index contributed by atoms with van der Waals surface area (Å²) < 4.78 is 5.58. The highest BCUT2D eigenvalue weighted by atomic mass is 79.9. The fourth-order valence-corrected chi connectivity index (χ4v) is 3.76. The number of amides is 1. The number of aryl methyl sites for hydroxylation is 1. The van der Waals surface area contributed by atoms with Gasteiger partial charge in [0.05, 0.1) is 17.8 Å². The van der Waals surface area contributed by atoms with Crippen molar-refractivity contribution in [1.29, 1.82) is 0 Å². The summed E-state index contributed by atoms with van der Waals surface area (Å²) in [6.45, 7) is 12.4. The van der Waals surface area contributed by atoms with Crippen LogP contribution in [-0.4, -0.2) is 29.4 Å². The zero-order valence-corrected chi connectivity index (χ0v) is 21.4. The highest BCUT2D eigenvalue weighted by Crippen LogP contribution is 2.40. The Bertz CT molecular complexity index is 983. The lowest BCUT2D eigenvalue weighted by atomic mass is 9.78. The largest absolute Gasteiger partial charge is 0.507 e. The summed E-state index contributed by atoms with van der Waals surface area (Å²) in [6, 6.07) is 7.27. The van der Waals surface area contributed by atoms with Crippen LogP contribution in [0.4, 0.5) is 0 Å². The van der Waals surface area contributed by atoms with Crippen molar-refractivity contribution < 1.29 is 19.7 Å². The molecule has 0 saturated heterocycles. The number of methoxy groups -OCH3 is 1. The van der Waals surface area contributed by atoms with Crippen LogP contribution >= 0.6 is 15.9 Å². The zero-order chi connectivity index (χ0) is 24.3. The van der Waals surface area contributed by atoms with Crippen molar-refractivity contribution in [3.63, 3.8) is 0 Å². The van der Waals surface area contributed by atoms with Crippen molar-refractivity contribution in [1.82, 2.24) is 5.43 Å². The first kappa shape index (κ1) is 25.7. The van der Waals surface area contributed by atoms with Gasteiger partial charge in [0, 0.05) is 6.42 Å². The Labute approximate surface area is 198 Å². The molecule has 7 heteroatoms. The van der Waals surface area contributed by atoms with Gasteiger partial charge in [-0.3, -0.25) is 4.79 Å². The molecule has 0 unspecified atom stereocenters. The second-order valence-corrected chi connectivity index (χ2v) is 10.7. The maximum Gasteiger partial charge on any atom is 0.240 e. The minimum atomic E-state index is -0.216. The van der Waals surface area contributed by atoms with Crippen LogP contribution < -0.4 is 10.2 Å². The third-order valence-corrected chi connectivity index (χ3v) is 5.70. The van der Waals surface area contributed by atoms with Crippen LogP contribution in [-0.2, 0) is 22.0 Å². The maximum atomic E-state index is 12.3. The molecular formula is C25H33BrN2O4. The smallest absolute Gasteiger partial charge is 0.240 e. The fourth-order valence-electron chi connectivity index (χ4n) is 3.30. The molecule has 174 valence electrons. The Morgan fingerprint density at radius 1 is 1.03 bits per heavy atom. The monoisotopic (exact) mass is 504 g/mol. The second kappa shape index (κ2) is 9.94. The molecule has 0 atom stereocenters. The number of halogens is 1. The Morgan fingerprint density at radius 2 is 1.59 bits per heavy atom. The number of ether oxygens (including phenoxy) is 1. The first-order valence-corrected chi connectivity index (χ1v) is 11.3. The summed E-state index contributed by atoms with van der Waals surface area (Å²) in [5.41, 5.74) is 5.53. The molecular weight excluding hydrogens is 472 g/mol. The predicted molar refractivity (Wildman–Crippen MR) is 132 cm³/mol. The molecule has 2 aromatic rings. The van der Waals surface area contributed by atoms with Crippen molar-refractivity contribution >= 4 is 28.1 Å². The summed E-state index contributed by atoms with van der Waals surface area (Å²) in [5, 5.41) is 24.7. The van der Waals surface area contributed by atoms with Gasteiger partial charge in [0.1, 0.15) is 5.75 Å². The number of carbonyl (C=O) groups excluding carboxylic acids is 1. The Hall–Kier alpha value is -2.54. The summed E-state index contributed by atoms with van der Waals surface area (Å²) in [7, 11) is 1.46. The predicted octanol–water partition coefficient (Wildman–Crippen LogP) is 5.55. The van der Waals surface area contributed by atoms with Crippen LogP contribution in [0.3, 0.4) is 0 Å². The number of hydrogen-bond donors (Lipinski definition) is 3. The lowest BCUT2D eigenvalue weighted by Gasteiger charge is -2.28. The normalized spacial score (nSPS) is 12.2. The molecule has 2 rings (SSSR count). The molecule has 0 heterocycles. The summed E-state index contributed by atoms with van der Waals surface area (Å²) >= 11 is 3.26. The quantitative estimate of drug-likeness (QED) is 0.355. The van der Waals surface area contributed by atoms with E-state index in [-0.39, 0.29) is 28.9 Å². The van der Waals surface area contributed by atoms with Crippen molar-refractivity contribution in [3.8, 4) is 17.2 Å². The van der Waals surface area contributed by atoms with Crippen LogP contribution in [0.25, 0.3) is 0 Å². The van der Waals surface area contributed by atoms with E-state index in [2.05, 4.69) is 68.0 Å². The number of carbonyl (C=O) groups is 1. The summed E-state index contributed by atoms with van der Waals surface area (Å²) in [6.07, 6.45) is 2.28. The Balaban J connectivity index is 2.11. The third-order valence-electron chi connectivity index (χ3n) is 5.10. The van der Waals surface area contributed by atoms with Crippen LogP contribution in [0.5, 0.6) is 17.2 Å².